The van der Waals surface area contributed by atoms with E-state index < -0.39 is 0 Å². The molecule has 2 heterocycles. The maximum Gasteiger partial charge on any atom is 0.254 e. The van der Waals surface area contributed by atoms with Crippen LogP contribution < -0.4 is 9.47 Å². The van der Waals surface area contributed by atoms with Crippen molar-refractivity contribution in [3.63, 3.8) is 0 Å². The molecular formula is C21H17ClN2O3. The van der Waals surface area contributed by atoms with Crippen LogP contribution in [-0.2, 0) is 0 Å². The van der Waals surface area contributed by atoms with Gasteiger partial charge in [-0.2, -0.15) is 0 Å². The molecule has 3 aromatic rings. The minimum atomic E-state index is -0.0525. The number of halogens is 1. The highest BCUT2D eigenvalue weighted by Gasteiger charge is 2.33. The predicted octanol–water partition coefficient (Wildman–Crippen LogP) is 4.43. The molecule has 1 aliphatic heterocycles. The lowest BCUT2D eigenvalue weighted by Crippen LogP contribution is -2.56. The number of carbonyl (C=O) groups is 1. The molecule has 1 aliphatic rings. The summed E-state index contributed by atoms with van der Waals surface area (Å²) in [5.41, 5.74) is 0.624. The Labute approximate surface area is 162 Å². The zero-order valence-corrected chi connectivity index (χ0v) is 15.2. The van der Waals surface area contributed by atoms with Crippen LogP contribution in [0.2, 0.25) is 5.02 Å². The number of carbonyl (C=O) groups excluding carboxylic acids is 1. The van der Waals surface area contributed by atoms with Crippen LogP contribution in [0, 0.1) is 0 Å². The summed E-state index contributed by atoms with van der Waals surface area (Å²) in [6.45, 7) is 1.07. The van der Waals surface area contributed by atoms with Crippen LogP contribution in [0.25, 0.3) is 0 Å². The zero-order valence-electron chi connectivity index (χ0n) is 14.4. The van der Waals surface area contributed by atoms with E-state index in [1.54, 1.807) is 41.3 Å². The normalized spacial score (nSPS) is 13.7. The number of aromatic nitrogens is 1. The molecule has 1 fully saturated rings. The monoisotopic (exact) mass is 380 g/mol. The Morgan fingerprint density at radius 3 is 2.33 bits per heavy atom. The number of pyridine rings is 1. The highest BCUT2D eigenvalue weighted by Crippen LogP contribution is 2.23. The molecule has 2 aromatic carbocycles. The first kappa shape index (κ1) is 17.4. The molecule has 1 aromatic heterocycles. The second kappa shape index (κ2) is 7.68. The lowest BCUT2D eigenvalue weighted by atomic mass is 10.1. The number of nitrogens with zero attached hydrogens (tertiary/aromatic N) is 2. The minimum absolute atomic E-state index is 0.0230. The zero-order chi connectivity index (χ0) is 18.6. The second-order valence-electron chi connectivity index (χ2n) is 6.20. The third-order valence-electron chi connectivity index (χ3n) is 4.20. The van der Waals surface area contributed by atoms with Crippen LogP contribution in [0.1, 0.15) is 10.4 Å². The van der Waals surface area contributed by atoms with E-state index in [1.807, 2.05) is 30.3 Å². The molecule has 0 unspecified atom stereocenters. The summed E-state index contributed by atoms with van der Waals surface area (Å²) < 4.78 is 11.5. The number of benzene rings is 2. The highest BCUT2D eigenvalue weighted by atomic mass is 35.5. The molecule has 5 nitrogen and oxygen atoms in total. The Hall–Kier alpha value is -3.05. The quantitative estimate of drug-likeness (QED) is 0.657. The number of ether oxygens (including phenoxy) is 2. The van der Waals surface area contributed by atoms with Gasteiger partial charge in [-0.1, -0.05) is 29.8 Å². The number of likely N-dealkylation sites (tertiary alicyclic amines) is 1. The van der Waals surface area contributed by atoms with E-state index in [0.717, 1.165) is 5.75 Å². The van der Waals surface area contributed by atoms with Crippen LogP contribution in [-0.4, -0.2) is 35.0 Å². The number of hydrogen-bond acceptors (Lipinski definition) is 4. The van der Waals surface area contributed by atoms with Gasteiger partial charge >= 0.3 is 0 Å². The SMILES string of the molecule is O=C(c1ccc(Oc2ccccc2)cc1)N1CC(Oc2ccc(Cl)cn2)C1. The maximum atomic E-state index is 12.5. The Morgan fingerprint density at radius 1 is 0.963 bits per heavy atom. The average molecular weight is 381 g/mol. The Kier molecular flexibility index (Phi) is 4.94. The van der Waals surface area contributed by atoms with Crippen molar-refractivity contribution in [2.75, 3.05) is 13.1 Å². The average Bonchev–Trinajstić information content (AvgIpc) is 2.67. The number of para-hydroxylation sites is 1. The van der Waals surface area contributed by atoms with Crippen LogP contribution in [0.15, 0.2) is 72.9 Å². The summed E-state index contributed by atoms with van der Waals surface area (Å²) in [4.78, 5) is 18.4. The molecule has 0 saturated carbocycles. The molecule has 6 heteroatoms. The first-order valence-corrected chi connectivity index (χ1v) is 8.95. The largest absolute Gasteiger partial charge is 0.471 e. The molecule has 0 N–H and O–H groups in total. The summed E-state index contributed by atoms with van der Waals surface area (Å²) in [6, 6.07) is 20.1. The smallest absolute Gasteiger partial charge is 0.254 e. The van der Waals surface area contributed by atoms with Crippen molar-refractivity contribution in [2.45, 2.75) is 6.10 Å². The molecule has 0 atom stereocenters. The molecular weight excluding hydrogens is 364 g/mol. The van der Waals surface area contributed by atoms with Crippen molar-refractivity contribution in [3.8, 4) is 17.4 Å². The fourth-order valence-corrected chi connectivity index (χ4v) is 2.87. The molecule has 1 saturated heterocycles. The Morgan fingerprint density at radius 2 is 1.67 bits per heavy atom. The van der Waals surface area contributed by atoms with Gasteiger partial charge < -0.3 is 14.4 Å². The summed E-state index contributed by atoms with van der Waals surface area (Å²) in [7, 11) is 0. The van der Waals surface area contributed by atoms with Gasteiger partial charge in [-0.3, -0.25) is 4.79 Å². The van der Waals surface area contributed by atoms with E-state index in [-0.39, 0.29) is 12.0 Å². The van der Waals surface area contributed by atoms with E-state index in [1.165, 1.54) is 6.20 Å². The number of rotatable bonds is 5. The predicted molar refractivity (Wildman–Crippen MR) is 103 cm³/mol. The summed E-state index contributed by atoms with van der Waals surface area (Å²) in [6.07, 6.45) is 1.49. The lowest BCUT2D eigenvalue weighted by molar-refractivity contribution is 0.0160. The third-order valence-corrected chi connectivity index (χ3v) is 4.43. The van der Waals surface area contributed by atoms with Gasteiger partial charge in [0.2, 0.25) is 5.88 Å². The minimum Gasteiger partial charge on any atom is -0.471 e. The van der Waals surface area contributed by atoms with Gasteiger partial charge in [0.1, 0.15) is 17.6 Å². The van der Waals surface area contributed by atoms with Crippen molar-refractivity contribution in [3.05, 3.63) is 83.5 Å². The summed E-state index contributed by atoms with van der Waals surface area (Å²) in [5.74, 6) is 1.94. The second-order valence-corrected chi connectivity index (χ2v) is 6.64. The van der Waals surface area contributed by atoms with Crippen molar-refractivity contribution in [1.82, 2.24) is 9.88 Å². The summed E-state index contributed by atoms with van der Waals surface area (Å²) >= 11 is 5.81. The topological polar surface area (TPSA) is 51.7 Å². The van der Waals surface area contributed by atoms with Gasteiger partial charge in [0.05, 0.1) is 18.1 Å². The van der Waals surface area contributed by atoms with Gasteiger partial charge in [-0.15, -0.1) is 0 Å². The summed E-state index contributed by atoms with van der Waals surface area (Å²) in [5, 5.41) is 0.562. The van der Waals surface area contributed by atoms with Crippen molar-refractivity contribution >= 4 is 17.5 Å². The van der Waals surface area contributed by atoms with E-state index in [2.05, 4.69) is 4.98 Å². The fourth-order valence-electron chi connectivity index (χ4n) is 2.75. The highest BCUT2D eigenvalue weighted by molar-refractivity contribution is 6.30. The van der Waals surface area contributed by atoms with Crippen LogP contribution in [0.4, 0.5) is 0 Å². The first-order valence-electron chi connectivity index (χ1n) is 8.58. The molecule has 0 radical (unpaired) electrons. The number of amides is 1. The van der Waals surface area contributed by atoms with E-state index >= 15 is 0 Å². The molecule has 1 amide bonds. The molecule has 0 spiro atoms. The maximum absolute atomic E-state index is 12.5. The van der Waals surface area contributed by atoms with Gasteiger partial charge in [0.25, 0.3) is 5.91 Å². The molecule has 4 rings (SSSR count). The number of hydrogen-bond donors (Lipinski definition) is 0. The standard InChI is InChI=1S/C21H17ClN2O3/c22-16-8-11-20(23-12-16)27-19-13-24(14-19)21(25)15-6-9-18(10-7-15)26-17-4-2-1-3-5-17/h1-12,19H,13-14H2. The first-order chi connectivity index (χ1) is 13.2. The fraction of sp³-hybridized carbons (Fsp3) is 0.143. The van der Waals surface area contributed by atoms with Gasteiger partial charge in [0.15, 0.2) is 0 Å². The Bertz CT molecular complexity index is 908. The molecule has 0 bridgehead atoms. The molecule has 0 aliphatic carbocycles. The van der Waals surface area contributed by atoms with Gasteiger partial charge in [-0.05, 0) is 42.5 Å². The van der Waals surface area contributed by atoms with Gasteiger partial charge in [0, 0.05) is 17.8 Å². The van der Waals surface area contributed by atoms with Crippen molar-refractivity contribution < 1.29 is 14.3 Å². The van der Waals surface area contributed by atoms with E-state index in [0.29, 0.717) is 35.3 Å². The van der Waals surface area contributed by atoms with Crippen LogP contribution >= 0.6 is 11.6 Å². The van der Waals surface area contributed by atoms with Crippen molar-refractivity contribution in [1.29, 1.82) is 0 Å². The van der Waals surface area contributed by atoms with Crippen LogP contribution in [0.3, 0.4) is 0 Å². The Balaban J connectivity index is 1.30. The molecule has 27 heavy (non-hydrogen) atoms. The van der Waals surface area contributed by atoms with E-state index in [4.69, 9.17) is 21.1 Å². The third kappa shape index (κ3) is 4.20. The van der Waals surface area contributed by atoms with E-state index in [9.17, 15) is 4.79 Å². The van der Waals surface area contributed by atoms with Gasteiger partial charge in [-0.25, -0.2) is 4.98 Å². The van der Waals surface area contributed by atoms with Crippen LogP contribution in [0.5, 0.6) is 17.4 Å². The molecule has 136 valence electrons. The van der Waals surface area contributed by atoms with Crippen molar-refractivity contribution in [2.24, 2.45) is 0 Å². The lowest BCUT2D eigenvalue weighted by Gasteiger charge is -2.38.